The first-order chi connectivity index (χ1) is 15.7. The number of rotatable bonds is 5. The van der Waals surface area contributed by atoms with E-state index >= 15 is 0 Å². The molecule has 10 nitrogen and oxygen atoms in total. The van der Waals surface area contributed by atoms with Crippen molar-refractivity contribution in [2.45, 2.75) is 20.0 Å². The van der Waals surface area contributed by atoms with Crippen molar-refractivity contribution in [3.8, 4) is 5.69 Å². The quantitative estimate of drug-likeness (QED) is 0.456. The lowest BCUT2D eigenvalue weighted by atomic mass is 10.2. The number of aromatic nitrogens is 6. The van der Waals surface area contributed by atoms with E-state index in [0.717, 1.165) is 11.9 Å². The Bertz CT molecular complexity index is 1340. The molecule has 0 saturated heterocycles. The second-order valence-corrected chi connectivity index (χ2v) is 6.77. The van der Waals surface area contributed by atoms with E-state index in [2.05, 4.69) is 30.2 Å². The Hall–Kier alpha value is -4.29. The van der Waals surface area contributed by atoms with E-state index < -0.39 is 29.3 Å². The summed E-state index contributed by atoms with van der Waals surface area (Å²) < 4.78 is 47.6. The van der Waals surface area contributed by atoms with Crippen LogP contribution in [0, 0.1) is 6.92 Å². The minimum absolute atomic E-state index is 0.0292. The van der Waals surface area contributed by atoms with Gasteiger partial charge in [-0.05, 0) is 44.2 Å². The number of nitrogens with zero attached hydrogens (tertiary/aromatic N) is 6. The van der Waals surface area contributed by atoms with Gasteiger partial charge >= 0.3 is 12.1 Å². The molecule has 170 valence electrons. The molecule has 0 aliphatic carbocycles. The molecule has 0 saturated carbocycles. The van der Waals surface area contributed by atoms with E-state index in [9.17, 15) is 22.8 Å². The highest BCUT2D eigenvalue weighted by molar-refractivity contribution is 6.01. The van der Waals surface area contributed by atoms with E-state index in [1.807, 2.05) is 0 Å². The normalized spacial score (nSPS) is 11.5. The van der Waals surface area contributed by atoms with Gasteiger partial charge in [0.2, 0.25) is 5.82 Å². The van der Waals surface area contributed by atoms with Crippen LogP contribution in [0.3, 0.4) is 0 Å². The predicted molar refractivity (Wildman–Crippen MR) is 108 cm³/mol. The summed E-state index contributed by atoms with van der Waals surface area (Å²) in [6.45, 7) is 3.19. The molecule has 0 unspecified atom stereocenters. The van der Waals surface area contributed by atoms with Crippen molar-refractivity contribution < 1.29 is 27.5 Å². The summed E-state index contributed by atoms with van der Waals surface area (Å²) in [5, 5.41) is 10.4. The molecule has 13 heteroatoms. The fourth-order valence-electron chi connectivity index (χ4n) is 3.05. The van der Waals surface area contributed by atoms with Crippen LogP contribution in [0.25, 0.3) is 11.5 Å². The number of carbonyl (C=O) groups excluding carboxylic acids is 2. The number of hydrogen-bond donors (Lipinski definition) is 1. The number of nitrogens with one attached hydrogen (secondary N) is 1. The average Bonchev–Trinajstić information content (AvgIpc) is 3.40. The Morgan fingerprint density at radius 3 is 2.52 bits per heavy atom. The number of hydrogen-bond acceptors (Lipinski definition) is 7. The highest BCUT2D eigenvalue weighted by Crippen LogP contribution is 2.34. The number of fused-ring (bicyclic) bond motifs is 1. The van der Waals surface area contributed by atoms with Crippen molar-refractivity contribution in [3.05, 3.63) is 65.5 Å². The third-order valence-electron chi connectivity index (χ3n) is 4.54. The monoisotopic (exact) mass is 459 g/mol. The zero-order valence-corrected chi connectivity index (χ0v) is 17.3. The second kappa shape index (κ2) is 8.33. The van der Waals surface area contributed by atoms with Crippen LogP contribution in [0.1, 0.15) is 39.3 Å². The summed E-state index contributed by atoms with van der Waals surface area (Å²) in [5.41, 5.74) is -0.893. The molecule has 0 bridgehead atoms. The fourth-order valence-corrected chi connectivity index (χ4v) is 3.05. The number of esters is 1. The zero-order chi connectivity index (χ0) is 23.8. The number of aryl methyl sites for hydroxylation is 1. The number of anilines is 1. The molecule has 4 rings (SSSR count). The summed E-state index contributed by atoms with van der Waals surface area (Å²) in [5.74, 6) is -1.60. The molecule has 0 fully saturated rings. The summed E-state index contributed by atoms with van der Waals surface area (Å²) in [6, 6.07) is 7.11. The molecule has 3 aromatic heterocycles. The SMILES string of the molecule is CCOC(=O)c1cnn(-c2ccc(NC(=O)c3nc4nccc(C)n4n3)cc2)c1C(F)(F)F. The maximum Gasteiger partial charge on any atom is 0.434 e. The van der Waals surface area contributed by atoms with Crippen LogP contribution in [0.15, 0.2) is 42.7 Å². The Kier molecular flexibility index (Phi) is 5.54. The van der Waals surface area contributed by atoms with Crippen LogP contribution in [-0.4, -0.2) is 47.8 Å². The molecule has 1 N–H and O–H groups in total. The maximum absolute atomic E-state index is 13.6. The zero-order valence-electron chi connectivity index (χ0n) is 17.3. The highest BCUT2D eigenvalue weighted by Gasteiger charge is 2.41. The highest BCUT2D eigenvalue weighted by atomic mass is 19.4. The largest absolute Gasteiger partial charge is 0.462 e. The topological polar surface area (TPSA) is 116 Å². The van der Waals surface area contributed by atoms with Crippen LogP contribution in [-0.2, 0) is 10.9 Å². The van der Waals surface area contributed by atoms with Gasteiger partial charge in [-0.15, -0.1) is 5.10 Å². The molecule has 1 aromatic carbocycles. The molecule has 33 heavy (non-hydrogen) atoms. The van der Waals surface area contributed by atoms with Crippen LogP contribution in [0.4, 0.5) is 18.9 Å². The first kappa shape index (κ1) is 21.9. The van der Waals surface area contributed by atoms with E-state index in [1.165, 1.54) is 41.9 Å². The molecule has 3 heterocycles. The second-order valence-electron chi connectivity index (χ2n) is 6.77. The summed E-state index contributed by atoms with van der Waals surface area (Å²) in [6.07, 6.45) is -2.51. The number of amides is 1. The molecule has 4 aromatic rings. The van der Waals surface area contributed by atoms with Crippen molar-refractivity contribution in [1.29, 1.82) is 0 Å². The van der Waals surface area contributed by atoms with Gasteiger partial charge in [0.25, 0.3) is 11.7 Å². The van der Waals surface area contributed by atoms with Gasteiger partial charge in [0.05, 0.1) is 18.5 Å². The van der Waals surface area contributed by atoms with Crippen LogP contribution in [0.5, 0.6) is 0 Å². The first-order valence-electron chi connectivity index (χ1n) is 9.61. The van der Waals surface area contributed by atoms with E-state index in [4.69, 9.17) is 0 Å². The Balaban J connectivity index is 1.59. The van der Waals surface area contributed by atoms with Gasteiger partial charge in [-0.1, -0.05) is 0 Å². The van der Waals surface area contributed by atoms with Crippen molar-refractivity contribution >= 4 is 23.3 Å². The Morgan fingerprint density at radius 2 is 1.88 bits per heavy atom. The molecule has 0 atom stereocenters. The van der Waals surface area contributed by atoms with Gasteiger partial charge in [0.15, 0.2) is 5.69 Å². The lowest BCUT2D eigenvalue weighted by molar-refractivity contribution is -0.143. The molecular weight excluding hydrogens is 443 g/mol. The summed E-state index contributed by atoms with van der Waals surface area (Å²) in [4.78, 5) is 32.5. The molecule has 0 aliphatic rings. The molecule has 1 amide bonds. The average molecular weight is 459 g/mol. The van der Waals surface area contributed by atoms with Crippen molar-refractivity contribution in [2.75, 3.05) is 11.9 Å². The van der Waals surface area contributed by atoms with Crippen molar-refractivity contribution in [2.24, 2.45) is 0 Å². The Labute approximate surface area is 184 Å². The molecule has 0 spiro atoms. The van der Waals surface area contributed by atoms with E-state index in [-0.39, 0.29) is 23.9 Å². The van der Waals surface area contributed by atoms with Gasteiger partial charge in [0.1, 0.15) is 5.56 Å². The lowest BCUT2D eigenvalue weighted by Crippen LogP contribution is -2.18. The van der Waals surface area contributed by atoms with Gasteiger partial charge in [-0.3, -0.25) is 4.79 Å². The number of halogens is 3. The van der Waals surface area contributed by atoms with Gasteiger partial charge in [-0.25, -0.2) is 19.0 Å². The minimum Gasteiger partial charge on any atom is -0.462 e. The maximum atomic E-state index is 13.6. The smallest absolute Gasteiger partial charge is 0.434 e. The Morgan fingerprint density at radius 1 is 1.15 bits per heavy atom. The van der Waals surface area contributed by atoms with Crippen LogP contribution in [0.2, 0.25) is 0 Å². The third-order valence-corrected chi connectivity index (χ3v) is 4.54. The van der Waals surface area contributed by atoms with E-state index in [1.54, 1.807) is 13.0 Å². The fraction of sp³-hybridized carbons (Fsp3) is 0.200. The molecule has 0 aliphatic heterocycles. The van der Waals surface area contributed by atoms with Gasteiger partial charge in [-0.2, -0.15) is 23.3 Å². The first-order valence-corrected chi connectivity index (χ1v) is 9.61. The lowest BCUT2D eigenvalue weighted by Gasteiger charge is -2.13. The number of alkyl halides is 3. The van der Waals surface area contributed by atoms with Crippen LogP contribution >= 0.6 is 0 Å². The third kappa shape index (κ3) is 4.24. The van der Waals surface area contributed by atoms with Crippen molar-refractivity contribution in [3.63, 3.8) is 0 Å². The number of carbonyl (C=O) groups is 2. The summed E-state index contributed by atoms with van der Waals surface area (Å²) >= 11 is 0. The van der Waals surface area contributed by atoms with Crippen LogP contribution < -0.4 is 5.32 Å². The van der Waals surface area contributed by atoms with Crippen molar-refractivity contribution in [1.82, 2.24) is 29.4 Å². The number of benzene rings is 1. The summed E-state index contributed by atoms with van der Waals surface area (Å²) in [7, 11) is 0. The van der Waals surface area contributed by atoms with Gasteiger partial charge < -0.3 is 10.1 Å². The number of ether oxygens (including phenoxy) is 1. The van der Waals surface area contributed by atoms with Gasteiger partial charge in [0, 0.05) is 17.6 Å². The van der Waals surface area contributed by atoms with E-state index in [0.29, 0.717) is 10.4 Å². The standard InChI is InChI=1S/C20H16F3N7O3/c1-3-33-18(32)14-10-25-30(15(14)20(21,22)23)13-6-4-12(5-7-13)26-17(31)16-27-19-24-9-8-11(2)29(19)28-16/h4-10H,3H2,1-2H3,(H,26,31). The molecular formula is C20H16F3N7O3. The minimum atomic E-state index is -4.85. The predicted octanol–water partition coefficient (Wildman–Crippen LogP) is 3.07. The molecule has 0 radical (unpaired) electrons.